The average molecular weight is 627 g/mol. The number of ketones is 4. The predicted molar refractivity (Wildman–Crippen MR) is 161 cm³/mol. The number of benzene rings is 4. The Morgan fingerprint density at radius 2 is 0.826 bits per heavy atom. The maximum Gasteiger partial charge on any atom is 0.233 e. The van der Waals surface area contributed by atoms with E-state index in [1.807, 2.05) is 0 Å². The summed E-state index contributed by atoms with van der Waals surface area (Å²) in [4.78, 5) is 53.7. The standard InChI is InChI=1S/C34H26O12/c1-39-23-7-17(5-19(9-23)29(35)31(37)21-11-25(41-3)33-27(13-21)43-15-45-33)18-6-20(10-24(8-18)40-2)30(36)32(38)22-12-26(42-4)34-28(14-22)44-16-46-34/h5-14H,15-16H2,1-4H3. The molecule has 0 aliphatic carbocycles. The van der Waals surface area contributed by atoms with Gasteiger partial charge in [0, 0.05) is 22.3 Å². The lowest BCUT2D eigenvalue weighted by atomic mass is 9.94. The lowest BCUT2D eigenvalue weighted by Crippen LogP contribution is -2.15. The molecule has 46 heavy (non-hydrogen) atoms. The summed E-state index contributed by atoms with van der Waals surface area (Å²) < 4.78 is 43.0. The molecule has 4 aromatic rings. The monoisotopic (exact) mass is 626 g/mol. The second-order valence-corrected chi connectivity index (χ2v) is 10.0. The summed E-state index contributed by atoms with van der Waals surface area (Å²) in [5, 5.41) is 0. The molecule has 0 atom stereocenters. The van der Waals surface area contributed by atoms with E-state index in [1.54, 1.807) is 12.1 Å². The van der Waals surface area contributed by atoms with Crippen LogP contribution in [0.4, 0.5) is 0 Å². The Balaban J connectivity index is 1.35. The van der Waals surface area contributed by atoms with Gasteiger partial charge in [-0.05, 0) is 71.8 Å². The molecule has 0 spiro atoms. The molecule has 234 valence electrons. The SMILES string of the molecule is COc1cc(C(=O)C(=O)c2cc(OC)c3c(c2)OCO3)cc(-c2cc(OC)cc(C(=O)C(=O)c3cc(OC)c4c(c3)OCO4)c2)c1. The van der Waals surface area contributed by atoms with Gasteiger partial charge >= 0.3 is 0 Å². The zero-order chi connectivity index (χ0) is 32.5. The zero-order valence-corrected chi connectivity index (χ0v) is 25.1. The van der Waals surface area contributed by atoms with E-state index in [1.165, 1.54) is 77.0 Å². The van der Waals surface area contributed by atoms with Gasteiger partial charge in [-0.25, -0.2) is 0 Å². The van der Waals surface area contributed by atoms with Gasteiger partial charge in [0.1, 0.15) is 11.5 Å². The number of fused-ring (bicyclic) bond motifs is 2. The number of rotatable bonds is 11. The van der Waals surface area contributed by atoms with E-state index >= 15 is 0 Å². The number of carbonyl (C=O) groups is 4. The second-order valence-electron chi connectivity index (χ2n) is 10.0. The van der Waals surface area contributed by atoms with Crippen molar-refractivity contribution in [2.45, 2.75) is 0 Å². The van der Waals surface area contributed by atoms with Crippen molar-refractivity contribution in [3.05, 3.63) is 82.9 Å². The number of methoxy groups -OCH3 is 4. The first-order valence-electron chi connectivity index (χ1n) is 13.8. The van der Waals surface area contributed by atoms with Crippen molar-refractivity contribution in [2.75, 3.05) is 42.0 Å². The largest absolute Gasteiger partial charge is 0.497 e. The van der Waals surface area contributed by atoms with Crippen LogP contribution in [0.1, 0.15) is 41.4 Å². The molecule has 12 nitrogen and oxygen atoms in total. The van der Waals surface area contributed by atoms with E-state index in [-0.39, 0.29) is 70.3 Å². The second kappa shape index (κ2) is 12.2. The maximum absolute atomic E-state index is 13.5. The van der Waals surface area contributed by atoms with Crippen molar-refractivity contribution in [2.24, 2.45) is 0 Å². The Bertz CT molecular complexity index is 1790. The molecule has 0 saturated heterocycles. The van der Waals surface area contributed by atoms with Gasteiger partial charge in [0.2, 0.25) is 48.2 Å². The normalized spacial score (nSPS) is 12.3. The molecule has 2 aliphatic heterocycles. The van der Waals surface area contributed by atoms with Gasteiger partial charge in [-0.3, -0.25) is 19.2 Å². The van der Waals surface area contributed by atoms with Crippen LogP contribution in [0.2, 0.25) is 0 Å². The Morgan fingerprint density at radius 3 is 1.17 bits per heavy atom. The van der Waals surface area contributed by atoms with Crippen molar-refractivity contribution in [3.8, 4) is 57.1 Å². The summed E-state index contributed by atoms with van der Waals surface area (Å²) in [6, 6.07) is 14.7. The molecule has 0 saturated carbocycles. The van der Waals surface area contributed by atoms with Crippen molar-refractivity contribution in [3.63, 3.8) is 0 Å². The lowest BCUT2D eigenvalue weighted by molar-refractivity contribution is 0.0816. The van der Waals surface area contributed by atoms with Crippen LogP contribution < -0.4 is 37.9 Å². The van der Waals surface area contributed by atoms with Gasteiger partial charge < -0.3 is 37.9 Å². The Hall–Kier alpha value is -6.04. The highest BCUT2D eigenvalue weighted by molar-refractivity contribution is 6.50. The maximum atomic E-state index is 13.5. The summed E-state index contributed by atoms with van der Waals surface area (Å²) in [5.74, 6) is -0.993. The first-order valence-corrected chi connectivity index (χ1v) is 13.8. The van der Waals surface area contributed by atoms with Crippen LogP contribution >= 0.6 is 0 Å². The zero-order valence-electron chi connectivity index (χ0n) is 25.1. The fraction of sp³-hybridized carbons (Fsp3) is 0.176. The molecule has 0 radical (unpaired) electrons. The third-order valence-electron chi connectivity index (χ3n) is 7.40. The molecule has 6 rings (SSSR count). The molecule has 2 aliphatic rings. The smallest absolute Gasteiger partial charge is 0.233 e. The van der Waals surface area contributed by atoms with Crippen LogP contribution in [0, 0.1) is 0 Å². The van der Waals surface area contributed by atoms with E-state index in [4.69, 9.17) is 37.9 Å². The fourth-order valence-electron chi connectivity index (χ4n) is 5.08. The minimum atomic E-state index is -0.827. The predicted octanol–water partition coefficient (Wildman–Crippen LogP) is 4.98. The quantitative estimate of drug-likeness (QED) is 0.164. The number of ether oxygens (including phenoxy) is 8. The van der Waals surface area contributed by atoms with Crippen LogP contribution in [0.5, 0.6) is 46.0 Å². The first-order chi connectivity index (χ1) is 22.2. The van der Waals surface area contributed by atoms with E-state index in [9.17, 15) is 19.2 Å². The Kier molecular flexibility index (Phi) is 7.93. The Labute approximate surface area is 262 Å². The van der Waals surface area contributed by atoms with E-state index < -0.39 is 23.1 Å². The van der Waals surface area contributed by atoms with Crippen LogP contribution in [0.15, 0.2) is 60.7 Å². The van der Waals surface area contributed by atoms with Gasteiger partial charge in [0.05, 0.1) is 28.4 Å². The third-order valence-corrected chi connectivity index (χ3v) is 7.40. The molecule has 0 amide bonds. The van der Waals surface area contributed by atoms with Gasteiger partial charge in [-0.15, -0.1) is 0 Å². The molecule has 0 bridgehead atoms. The van der Waals surface area contributed by atoms with Gasteiger partial charge in [0.25, 0.3) is 0 Å². The van der Waals surface area contributed by atoms with Gasteiger partial charge in [-0.1, -0.05) is 0 Å². The highest BCUT2D eigenvalue weighted by Crippen LogP contribution is 2.43. The topological polar surface area (TPSA) is 142 Å². The van der Waals surface area contributed by atoms with Crippen LogP contribution in [-0.4, -0.2) is 65.2 Å². The van der Waals surface area contributed by atoms with Gasteiger partial charge in [0.15, 0.2) is 23.0 Å². The number of carbonyl (C=O) groups excluding carboxylic acids is 4. The third kappa shape index (κ3) is 5.40. The molecular weight excluding hydrogens is 600 g/mol. The van der Waals surface area contributed by atoms with E-state index in [2.05, 4.69) is 0 Å². The summed E-state index contributed by atoms with van der Waals surface area (Å²) in [6.07, 6.45) is 0. The van der Waals surface area contributed by atoms with Crippen LogP contribution in [-0.2, 0) is 0 Å². The minimum absolute atomic E-state index is 0.0233. The van der Waals surface area contributed by atoms with Crippen LogP contribution in [0.3, 0.4) is 0 Å². The minimum Gasteiger partial charge on any atom is -0.497 e. The van der Waals surface area contributed by atoms with E-state index in [0.717, 1.165) is 0 Å². The fourth-order valence-corrected chi connectivity index (χ4v) is 5.08. The average Bonchev–Trinajstić information content (AvgIpc) is 3.79. The van der Waals surface area contributed by atoms with Crippen molar-refractivity contribution in [1.29, 1.82) is 0 Å². The molecular formula is C34H26O12. The Morgan fingerprint density at radius 1 is 0.457 bits per heavy atom. The highest BCUT2D eigenvalue weighted by atomic mass is 16.7. The molecule has 0 fully saturated rings. The number of Topliss-reactive ketones (excluding diaryl/α,β-unsaturated/α-hetero) is 4. The lowest BCUT2D eigenvalue weighted by Gasteiger charge is -2.12. The summed E-state index contributed by atoms with van der Waals surface area (Å²) in [7, 11) is 5.65. The molecule has 2 heterocycles. The number of hydrogen-bond acceptors (Lipinski definition) is 12. The molecule has 0 aromatic heterocycles. The summed E-state index contributed by atoms with van der Waals surface area (Å²) in [5.41, 5.74) is 0.977. The summed E-state index contributed by atoms with van der Waals surface area (Å²) in [6.45, 7) is -0.0872. The van der Waals surface area contributed by atoms with E-state index in [0.29, 0.717) is 22.6 Å². The van der Waals surface area contributed by atoms with Crippen molar-refractivity contribution >= 4 is 23.1 Å². The van der Waals surface area contributed by atoms with Crippen molar-refractivity contribution < 1.29 is 57.1 Å². The summed E-state index contributed by atoms with van der Waals surface area (Å²) >= 11 is 0. The molecule has 0 unspecified atom stereocenters. The van der Waals surface area contributed by atoms with Gasteiger partial charge in [-0.2, -0.15) is 0 Å². The molecule has 12 heteroatoms. The first kappa shape index (κ1) is 30.0. The molecule has 4 aromatic carbocycles. The number of hydrogen-bond donors (Lipinski definition) is 0. The van der Waals surface area contributed by atoms with Crippen molar-refractivity contribution in [1.82, 2.24) is 0 Å². The van der Waals surface area contributed by atoms with Crippen LogP contribution in [0.25, 0.3) is 11.1 Å². The molecule has 0 N–H and O–H groups in total. The highest BCUT2D eigenvalue weighted by Gasteiger charge is 2.28.